The van der Waals surface area contributed by atoms with E-state index in [1.807, 2.05) is 6.92 Å². The van der Waals surface area contributed by atoms with Crippen LogP contribution in [0.5, 0.6) is 5.75 Å². The Morgan fingerprint density at radius 1 is 1.50 bits per heavy atom. The predicted octanol–water partition coefficient (Wildman–Crippen LogP) is 3.12. The van der Waals surface area contributed by atoms with Crippen LogP contribution >= 0.6 is 11.6 Å². The summed E-state index contributed by atoms with van der Waals surface area (Å²) in [6.45, 7) is 3.86. The summed E-state index contributed by atoms with van der Waals surface area (Å²) in [5.74, 6) is 0.218. The lowest BCUT2D eigenvalue weighted by atomic mass is 10.1. The number of hydrogen-bond donors (Lipinski definition) is 1. The van der Waals surface area contributed by atoms with Crippen molar-refractivity contribution in [1.82, 2.24) is 9.78 Å². The van der Waals surface area contributed by atoms with Crippen LogP contribution in [0.3, 0.4) is 0 Å². The van der Waals surface area contributed by atoms with E-state index in [1.54, 1.807) is 24.7 Å². The second kappa shape index (κ2) is 5.81. The number of aromatic nitrogens is 2. The van der Waals surface area contributed by atoms with Crippen LogP contribution in [0.1, 0.15) is 29.9 Å². The maximum absolute atomic E-state index is 13.3. The second-order valence-corrected chi connectivity index (χ2v) is 5.11. The van der Waals surface area contributed by atoms with E-state index < -0.39 is 0 Å². The van der Waals surface area contributed by atoms with Gasteiger partial charge in [0.05, 0.1) is 16.4 Å². The maximum atomic E-state index is 13.3. The lowest BCUT2D eigenvalue weighted by Crippen LogP contribution is -2.10. The second-order valence-electron chi connectivity index (χ2n) is 4.73. The molecular weight excluding hydrogens is 281 g/mol. The first-order chi connectivity index (χ1) is 9.40. The van der Waals surface area contributed by atoms with Crippen LogP contribution in [0.25, 0.3) is 0 Å². The molecule has 108 valence electrons. The van der Waals surface area contributed by atoms with Crippen LogP contribution in [-0.2, 0) is 13.7 Å². The van der Waals surface area contributed by atoms with Crippen molar-refractivity contribution in [3.05, 3.63) is 46.0 Å². The average molecular weight is 298 g/mol. The molecule has 1 atom stereocenters. The van der Waals surface area contributed by atoms with Gasteiger partial charge in [-0.05, 0) is 32.0 Å². The zero-order valence-electron chi connectivity index (χ0n) is 11.7. The fraction of sp³-hybridized carbons (Fsp3) is 0.357. The Labute approximate surface area is 122 Å². The Hall–Kier alpha value is -1.59. The van der Waals surface area contributed by atoms with Gasteiger partial charge in [-0.2, -0.15) is 5.10 Å². The van der Waals surface area contributed by atoms with Gasteiger partial charge in [0, 0.05) is 18.7 Å². The fourth-order valence-electron chi connectivity index (χ4n) is 1.99. The van der Waals surface area contributed by atoms with Gasteiger partial charge in [0.15, 0.2) is 0 Å². The van der Waals surface area contributed by atoms with Crippen LogP contribution < -0.4 is 10.5 Å². The number of rotatable bonds is 4. The molecule has 0 fully saturated rings. The van der Waals surface area contributed by atoms with E-state index in [0.717, 1.165) is 11.4 Å². The van der Waals surface area contributed by atoms with Gasteiger partial charge in [0.25, 0.3) is 0 Å². The molecule has 1 aromatic heterocycles. The first kappa shape index (κ1) is 14.8. The Morgan fingerprint density at radius 2 is 2.20 bits per heavy atom. The Balaban J connectivity index is 2.23. The molecule has 0 saturated heterocycles. The summed E-state index contributed by atoms with van der Waals surface area (Å²) in [5.41, 5.74) is 7.97. The molecule has 0 aliphatic rings. The summed E-state index contributed by atoms with van der Waals surface area (Å²) in [4.78, 5) is 0. The van der Waals surface area contributed by atoms with E-state index in [1.165, 1.54) is 12.1 Å². The normalized spacial score (nSPS) is 12.5. The first-order valence-corrected chi connectivity index (χ1v) is 6.63. The predicted molar refractivity (Wildman–Crippen MR) is 76.3 cm³/mol. The molecule has 2 rings (SSSR count). The zero-order valence-corrected chi connectivity index (χ0v) is 12.4. The molecule has 0 saturated carbocycles. The largest absolute Gasteiger partial charge is 0.487 e. The molecular formula is C14H17ClFN3O. The Bertz CT molecular complexity index is 625. The van der Waals surface area contributed by atoms with Crippen LogP contribution in [0.4, 0.5) is 4.39 Å². The van der Waals surface area contributed by atoms with Crippen molar-refractivity contribution in [2.45, 2.75) is 26.5 Å². The van der Waals surface area contributed by atoms with Gasteiger partial charge < -0.3 is 10.5 Å². The summed E-state index contributed by atoms with van der Waals surface area (Å²) in [7, 11) is 1.80. The van der Waals surface area contributed by atoms with Crippen LogP contribution in [0.15, 0.2) is 18.2 Å². The van der Waals surface area contributed by atoms with Crippen molar-refractivity contribution in [3.63, 3.8) is 0 Å². The molecule has 1 aromatic carbocycles. The SMILES string of the molecule is Cc1nn(C)c(COc2ccc(F)cc2[C@H](C)N)c1Cl. The van der Waals surface area contributed by atoms with E-state index in [-0.39, 0.29) is 18.5 Å². The van der Waals surface area contributed by atoms with E-state index in [0.29, 0.717) is 16.3 Å². The third-order valence-electron chi connectivity index (χ3n) is 3.09. The van der Waals surface area contributed by atoms with Crippen molar-refractivity contribution in [1.29, 1.82) is 0 Å². The lowest BCUT2D eigenvalue weighted by molar-refractivity contribution is 0.290. The quantitative estimate of drug-likeness (QED) is 0.943. The molecule has 20 heavy (non-hydrogen) atoms. The van der Waals surface area contributed by atoms with Crippen molar-refractivity contribution in [3.8, 4) is 5.75 Å². The molecule has 0 spiro atoms. The standard InChI is InChI=1S/C14H17ClFN3O/c1-8(17)11-6-10(16)4-5-13(11)20-7-12-14(15)9(2)18-19(12)3/h4-6,8H,7,17H2,1-3H3/t8-/m0/s1. The molecule has 0 radical (unpaired) electrons. The van der Waals surface area contributed by atoms with Gasteiger partial charge >= 0.3 is 0 Å². The molecule has 0 amide bonds. The van der Waals surface area contributed by atoms with E-state index in [4.69, 9.17) is 22.1 Å². The molecule has 0 aliphatic carbocycles. The van der Waals surface area contributed by atoms with Crippen LogP contribution in [0, 0.1) is 12.7 Å². The molecule has 0 bridgehead atoms. The monoisotopic (exact) mass is 297 g/mol. The maximum Gasteiger partial charge on any atom is 0.131 e. The molecule has 6 heteroatoms. The Morgan fingerprint density at radius 3 is 2.75 bits per heavy atom. The summed E-state index contributed by atoms with van der Waals surface area (Å²) in [5, 5.41) is 4.80. The van der Waals surface area contributed by atoms with Gasteiger partial charge in [-0.1, -0.05) is 11.6 Å². The van der Waals surface area contributed by atoms with Crippen LogP contribution in [0.2, 0.25) is 5.02 Å². The fourth-order valence-corrected chi connectivity index (χ4v) is 2.20. The van der Waals surface area contributed by atoms with Crippen molar-refractivity contribution in [2.75, 3.05) is 0 Å². The molecule has 2 N–H and O–H groups in total. The minimum absolute atomic E-state index is 0.252. The summed E-state index contributed by atoms with van der Waals surface area (Å²) < 4.78 is 20.7. The molecule has 0 unspecified atom stereocenters. The van der Waals surface area contributed by atoms with Gasteiger partial charge in [-0.25, -0.2) is 4.39 Å². The highest BCUT2D eigenvalue weighted by Gasteiger charge is 2.14. The molecule has 1 heterocycles. The Kier molecular flexibility index (Phi) is 4.30. The zero-order chi connectivity index (χ0) is 14.9. The lowest BCUT2D eigenvalue weighted by Gasteiger charge is -2.14. The third kappa shape index (κ3) is 2.94. The van der Waals surface area contributed by atoms with Crippen molar-refractivity contribution in [2.24, 2.45) is 12.8 Å². The average Bonchev–Trinajstić information content (AvgIpc) is 2.62. The number of nitrogens with two attached hydrogens (primary N) is 1. The highest BCUT2D eigenvalue weighted by molar-refractivity contribution is 6.31. The minimum atomic E-state index is -0.334. The highest BCUT2D eigenvalue weighted by atomic mass is 35.5. The summed E-state index contributed by atoms with van der Waals surface area (Å²) in [6.07, 6.45) is 0. The van der Waals surface area contributed by atoms with Crippen LogP contribution in [-0.4, -0.2) is 9.78 Å². The van der Waals surface area contributed by atoms with Crippen molar-refractivity contribution >= 4 is 11.6 Å². The molecule has 0 aliphatic heterocycles. The number of ether oxygens (including phenoxy) is 1. The number of hydrogen-bond acceptors (Lipinski definition) is 3. The van der Waals surface area contributed by atoms with Gasteiger partial charge in [0.1, 0.15) is 18.2 Å². The van der Waals surface area contributed by atoms with Crippen molar-refractivity contribution < 1.29 is 9.13 Å². The smallest absolute Gasteiger partial charge is 0.131 e. The third-order valence-corrected chi connectivity index (χ3v) is 3.58. The van der Waals surface area contributed by atoms with E-state index in [2.05, 4.69) is 5.10 Å². The number of nitrogens with zero attached hydrogens (tertiary/aromatic N) is 2. The summed E-state index contributed by atoms with van der Waals surface area (Å²) >= 11 is 6.16. The topological polar surface area (TPSA) is 53.1 Å². The minimum Gasteiger partial charge on any atom is -0.487 e. The van der Waals surface area contributed by atoms with Gasteiger partial charge in [0.2, 0.25) is 0 Å². The molecule has 4 nitrogen and oxygen atoms in total. The number of aryl methyl sites for hydroxylation is 2. The summed E-state index contributed by atoms with van der Waals surface area (Å²) in [6, 6.07) is 3.99. The van der Waals surface area contributed by atoms with E-state index in [9.17, 15) is 4.39 Å². The van der Waals surface area contributed by atoms with Gasteiger partial charge in [-0.3, -0.25) is 4.68 Å². The van der Waals surface area contributed by atoms with E-state index >= 15 is 0 Å². The first-order valence-electron chi connectivity index (χ1n) is 6.26. The highest BCUT2D eigenvalue weighted by Crippen LogP contribution is 2.27. The number of halogens is 2. The molecule has 2 aromatic rings. The van der Waals surface area contributed by atoms with Gasteiger partial charge in [-0.15, -0.1) is 0 Å². The number of benzene rings is 1.